The molecule has 3 N–H and O–H groups in total. The van der Waals surface area contributed by atoms with E-state index in [0.29, 0.717) is 40.8 Å². The highest BCUT2D eigenvalue weighted by Gasteiger charge is 2.31. The lowest BCUT2D eigenvalue weighted by Gasteiger charge is -2.23. The molecule has 240 valence electrons. The van der Waals surface area contributed by atoms with Gasteiger partial charge in [0.05, 0.1) is 38.8 Å². The summed E-state index contributed by atoms with van der Waals surface area (Å²) in [5.41, 5.74) is 4.15. The Labute approximate surface area is 267 Å². The summed E-state index contributed by atoms with van der Waals surface area (Å²) < 4.78 is 17.2. The van der Waals surface area contributed by atoms with E-state index in [1.165, 1.54) is 23.1 Å². The third-order valence-corrected chi connectivity index (χ3v) is 9.87. The molecule has 2 aromatic carbocycles. The molecule has 45 heavy (non-hydrogen) atoms. The van der Waals surface area contributed by atoms with Crippen LogP contribution in [0.4, 0.5) is 10.8 Å². The molecule has 2 aliphatic carbocycles. The van der Waals surface area contributed by atoms with Gasteiger partial charge in [-0.2, -0.15) is 0 Å². The van der Waals surface area contributed by atoms with Gasteiger partial charge in [0, 0.05) is 17.4 Å². The Morgan fingerprint density at radius 2 is 1.80 bits per heavy atom. The van der Waals surface area contributed by atoms with Crippen LogP contribution in [0.25, 0.3) is 11.1 Å². The molecular weight excluding hydrogens is 592 g/mol. The van der Waals surface area contributed by atoms with Gasteiger partial charge in [0.1, 0.15) is 6.04 Å². The van der Waals surface area contributed by atoms with E-state index in [1.807, 2.05) is 26.0 Å². The third kappa shape index (κ3) is 6.63. The summed E-state index contributed by atoms with van der Waals surface area (Å²) >= 11 is 1.54. The van der Waals surface area contributed by atoms with Gasteiger partial charge in [-0.1, -0.05) is 26.3 Å². The number of aromatic nitrogens is 1. The molecular formula is C34H42N4O6S. The fraction of sp³-hybridized carbons (Fsp3) is 0.471. The number of rotatable bonds is 10. The molecule has 0 aliphatic heterocycles. The largest absolute Gasteiger partial charge is 0.493 e. The predicted octanol–water partition coefficient (Wildman–Crippen LogP) is 5.66. The Morgan fingerprint density at radius 1 is 1.04 bits per heavy atom. The fourth-order valence-corrected chi connectivity index (χ4v) is 7.34. The minimum absolute atomic E-state index is 0.0769. The lowest BCUT2D eigenvalue weighted by molar-refractivity contribution is -0.120. The van der Waals surface area contributed by atoms with Crippen LogP contribution in [0.15, 0.2) is 29.1 Å². The molecule has 1 heterocycles. The van der Waals surface area contributed by atoms with Crippen molar-refractivity contribution in [1.82, 2.24) is 10.3 Å². The van der Waals surface area contributed by atoms with E-state index in [2.05, 4.69) is 20.9 Å². The highest BCUT2D eigenvalue weighted by atomic mass is 32.1. The van der Waals surface area contributed by atoms with Gasteiger partial charge in [-0.25, -0.2) is 4.98 Å². The van der Waals surface area contributed by atoms with Crippen LogP contribution in [0.1, 0.15) is 74.2 Å². The zero-order valence-corrected chi connectivity index (χ0v) is 27.6. The minimum atomic E-state index is -0.678. The molecule has 5 rings (SSSR count). The van der Waals surface area contributed by atoms with Gasteiger partial charge in [0.2, 0.25) is 23.0 Å². The van der Waals surface area contributed by atoms with Gasteiger partial charge in [-0.3, -0.25) is 14.4 Å². The van der Waals surface area contributed by atoms with Crippen LogP contribution in [-0.4, -0.2) is 44.2 Å². The summed E-state index contributed by atoms with van der Waals surface area (Å²) in [5, 5.41) is 9.92. The SMILES string of the molecule is CC[C@H](C)[C@H](Nc1ccc2c(cc1=O)[C@H](NC(C)=O)CCc1cc(OC)c(OC)c(OC)c1-2)C(=O)Nc1nc2c(s1)CCCC2. The third-order valence-electron chi connectivity index (χ3n) is 8.80. The number of carbonyl (C=O) groups is 2. The molecule has 2 amide bonds. The van der Waals surface area contributed by atoms with Crippen LogP contribution >= 0.6 is 11.3 Å². The zero-order valence-electron chi connectivity index (χ0n) is 26.8. The maximum Gasteiger partial charge on any atom is 0.248 e. The second kappa shape index (κ2) is 13.9. The number of benzene rings is 1. The van der Waals surface area contributed by atoms with E-state index in [0.717, 1.165) is 54.5 Å². The summed E-state index contributed by atoms with van der Waals surface area (Å²) in [6.45, 7) is 5.47. The average Bonchev–Trinajstić information content (AvgIpc) is 3.30. The summed E-state index contributed by atoms with van der Waals surface area (Å²) in [6, 6.07) is 5.94. The first kappa shape index (κ1) is 32.3. The van der Waals surface area contributed by atoms with Crippen molar-refractivity contribution in [2.75, 3.05) is 32.0 Å². The number of fused-ring (bicyclic) bond motifs is 4. The molecule has 0 bridgehead atoms. The molecule has 0 unspecified atom stereocenters. The van der Waals surface area contributed by atoms with Crippen LogP contribution in [0.3, 0.4) is 0 Å². The van der Waals surface area contributed by atoms with Crippen molar-refractivity contribution in [1.29, 1.82) is 0 Å². The van der Waals surface area contributed by atoms with Crippen molar-refractivity contribution in [3.05, 3.63) is 56.2 Å². The van der Waals surface area contributed by atoms with Crippen LogP contribution in [-0.2, 0) is 28.9 Å². The quantitative estimate of drug-likeness (QED) is 0.261. The van der Waals surface area contributed by atoms with Crippen LogP contribution in [0.5, 0.6) is 17.2 Å². The molecule has 0 radical (unpaired) electrons. The standard InChI is InChI=1S/C34H42N4O6S/c1-7-18(2)30(33(41)38-34-37-25-10-8-9-11-28(25)45-34)36-24-15-13-21-22(17-26(24)40)23(35-19(3)39)14-12-20-16-27(42-4)31(43-5)32(44-6)29(20)21/h13,15-18,23,30H,7-12,14H2,1-6H3,(H,35,39)(H,36,40)(H,37,38,41)/t18-,23+,30-/m0/s1. The van der Waals surface area contributed by atoms with Crippen molar-refractivity contribution >= 4 is 34.0 Å². The predicted molar refractivity (Wildman–Crippen MR) is 177 cm³/mol. The number of amides is 2. The van der Waals surface area contributed by atoms with Crippen molar-refractivity contribution in [2.45, 2.75) is 77.8 Å². The summed E-state index contributed by atoms with van der Waals surface area (Å²) in [5.74, 6) is 0.937. The number of ether oxygens (including phenoxy) is 3. The molecule has 0 saturated heterocycles. The van der Waals surface area contributed by atoms with Gasteiger partial charge in [-0.15, -0.1) is 11.3 Å². The minimum Gasteiger partial charge on any atom is -0.493 e. The maximum atomic E-state index is 13.9. The molecule has 0 fully saturated rings. The van der Waals surface area contributed by atoms with Gasteiger partial charge in [0.15, 0.2) is 16.6 Å². The Morgan fingerprint density at radius 3 is 2.47 bits per heavy atom. The highest BCUT2D eigenvalue weighted by Crippen LogP contribution is 2.50. The smallest absolute Gasteiger partial charge is 0.248 e. The summed E-state index contributed by atoms with van der Waals surface area (Å²) in [7, 11) is 4.69. The van der Waals surface area contributed by atoms with Crippen molar-refractivity contribution in [3.63, 3.8) is 0 Å². The van der Waals surface area contributed by atoms with Gasteiger partial charge >= 0.3 is 0 Å². The van der Waals surface area contributed by atoms with E-state index < -0.39 is 12.1 Å². The second-order valence-corrected chi connectivity index (χ2v) is 12.8. The van der Waals surface area contributed by atoms with Crippen LogP contribution in [0, 0.1) is 5.92 Å². The van der Waals surface area contributed by atoms with Crippen LogP contribution in [0.2, 0.25) is 0 Å². The fourth-order valence-electron chi connectivity index (χ4n) is 6.28. The first-order chi connectivity index (χ1) is 21.7. The average molecular weight is 635 g/mol. The Hall–Kier alpha value is -4.12. The maximum absolute atomic E-state index is 13.9. The Balaban J connectivity index is 1.58. The van der Waals surface area contributed by atoms with E-state index in [1.54, 1.807) is 33.5 Å². The topological polar surface area (TPSA) is 128 Å². The first-order valence-electron chi connectivity index (χ1n) is 15.5. The zero-order chi connectivity index (χ0) is 32.2. The number of carbonyl (C=O) groups excluding carboxylic acids is 2. The van der Waals surface area contributed by atoms with Crippen molar-refractivity contribution in [2.24, 2.45) is 5.92 Å². The van der Waals surface area contributed by atoms with E-state index >= 15 is 0 Å². The Kier molecular flexibility index (Phi) is 9.96. The normalized spacial score (nSPS) is 16.5. The number of nitrogens with one attached hydrogen (secondary N) is 3. The monoisotopic (exact) mass is 634 g/mol. The summed E-state index contributed by atoms with van der Waals surface area (Å²) in [4.78, 5) is 45.8. The molecule has 11 heteroatoms. The lowest BCUT2D eigenvalue weighted by Crippen LogP contribution is -2.40. The highest BCUT2D eigenvalue weighted by molar-refractivity contribution is 7.15. The van der Waals surface area contributed by atoms with Crippen molar-refractivity contribution in [3.8, 4) is 28.4 Å². The van der Waals surface area contributed by atoms with Crippen LogP contribution < -0.4 is 35.6 Å². The number of hydrogen-bond acceptors (Lipinski definition) is 9. The molecule has 0 saturated carbocycles. The number of thiazole rings is 1. The summed E-state index contributed by atoms with van der Waals surface area (Å²) in [6.07, 6.45) is 6.06. The molecule has 2 aliphatic rings. The van der Waals surface area contributed by atoms with Crippen molar-refractivity contribution < 1.29 is 23.8 Å². The number of anilines is 2. The number of nitrogens with zero attached hydrogens (tertiary/aromatic N) is 1. The number of aryl methyl sites for hydroxylation is 3. The second-order valence-electron chi connectivity index (χ2n) is 11.7. The van der Waals surface area contributed by atoms with E-state index in [9.17, 15) is 14.4 Å². The van der Waals surface area contributed by atoms with Gasteiger partial charge in [-0.05, 0) is 79.3 Å². The number of hydrogen-bond donors (Lipinski definition) is 3. The lowest BCUT2D eigenvalue weighted by atomic mass is 9.95. The number of methoxy groups -OCH3 is 3. The molecule has 10 nitrogen and oxygen atoms in total. The van der Waals surface area contributed by atoms with Gasteiger partial charge in [0.25, 0.3) is 0 Å². The van der Waals surface area contributed by atoms with E-state index in [4.69, 9.17) is 14.2 Å². The molecule has 1 aromatic heterocycles. The molecule has 0 spiro atoms. The first-order valence-corrected chi connectivity index (χ1v) is 16.3. The van der Waals surface area contributed by atoms with E-state index in [-0.39, 0.29) is 28.8 Å². The molecule has 3 aromatic rings. The molecule has 3 atom stereocenters. The Bertz CT molecular complexity index is 1630. The van der Waals surface area contributed by atoms with Gasteiger partial charge < -0.3 is 30.2 Å².